The van der Waals surface area contributed by atoms with Crippen molar-refractivity contribution < 1.29 is 8.83 Å². The van der Waals surface area contributed by atoms with E-state index in [1.54, 1.807) is 6.07 Å². The number of furan rings is 2. The fourth-order valence-electron chi connectivity index (χ4n) is 8.95. The second kappa shape index (κ2) is 11.7. The van der Waals surface area contributed by atoms with Crippen LogP contribution in [0.1, 0.15) is 5.56 Å². The van der Waals surface area contributed by atoms with E-state index in [2.05, 4.69) is 97.7 Å². The van der Waals surface area contributed by atoms with Gasteiger partial charge in [-0.25, -0.2) is 9.69 Å². The highest BCUT2D eigenvalue weighted by Gasteiger charge is 2.20. The Hall–Kier alpha value is -8.57. The number of hydrogen-bond donors (Lipinski definition) is 0. The van der Waals surface area contributed by atoms with Crippen LogP contribution in [0.4, 0.5) is 11.4 Å². The van der Waals surface area contributed by atoms with Gasteiger partial charge in [-0.2, -0.15) is 5.26 Å². The Morgan fingerprint density at radius 1 is 0.414 bits per heavy atom. The molecule has 0 saturated carbocycles. The molecule has 12 aromatic rings. The first-order valence-electron chi connectivity index (χ1n) is 18.8. The Morgan fingerprint density at radius 2 is 0.948 bits per heavy atom. The van der Waals surface area contributed by atoms with Gasteiger partial charge in [-0.1, -0.05) is 60.7 Å². The first-order valence-corrected chi connectivity index (χ1v) is 18.8. The first kappa shape index (κ1) is 31.7. The van der Waals surface area contributed by atoms with E-state index in [0.717, 1.165) is 110 Å². The third-order valence-corrected chi connectivity index (χ3v) is 11.5. The maximum atomic E-state index is 9.91. The lowest BCUT2D eigenvalue weighted by Gasteiger charge is -2.10. The van der Waals surface area contributed by atoms with Gasteiger partial charge in [0.25, 0.3) is 0 Å². The number of nitriles is 1. The van der Waals surface area contributed by atoms with Crippen LogP contribution >= 0.6 is 0 Å². The van der Waals surface area contributed by atoms with Crippen LogP contribution in [0.15, 0.2) is 160 Å². The van der Waals surface area contributed by atoms with Gasteiger partial charge in [-0.05, 0) is 90.0 Å². The van der Waals surface area contributed by atoms with Gasteiger partial charge in [0.15, 0.2) is 11.4 Å². The molecule has 12 rings (SSSR count). The summed E-state index contributed by atoms with van der Waals surface area (Å²) >= 11 is 0. The lowest BCUT2D eigenvalue weighted by atomic mass is 10.00. The predicted octanol–water partition coefficient (Wildman–Crippen LogP) is 14.3. The van der Waals surface area contributed by atoms with Crippen LogP contribution in [-0.2, 0) is 0 Å². The van der Waals surface area contributed by atoms with Gasteiger partial charge in [0, 0.05) is 72.2 Å². The van der Waals surface area contributed by atoms with Crippen LogP contribution in [0.5, 0.6) is 0 Å². The summed E-state index contributed by atoms with van der Waals surface area (Å²) in [7, 11) is 0. The van der Waals surface area contributed by atoms with E-state index in [-0.39, 0.29) is 0 Å². The number of aromatic nitrogens is 2. The van der Waals surface area contributed by atoms with Crippen LogP contribution in [-0.4, -0.2) is 9.13 Å². The largest absolute Gasteiger partial charge is 0.456 e. The van der Waals surface area contributed by atoms with E-state index in [0.29, 0.717) is 16.9 Å². The molecule has 266 valence electrons. The van der Waals surface area contributed by atoms with Crippen molar-refractivity contribution in [1.29, 1.82) is 5.26 Å². The molecule has 0 unspecified atom stereocenters. The zero-order chi connectivity index (χ0) is 38.6. The standard InChI is InChI=1S/C51H25N5O2/c1-53-32-8-7-9-34(22-32)55-44-16-14-30(20-38(44)40-24-42-36-10-3-5-12-48(36)57-50(42)26-46(40)55)31-15-17-45-39(21-31)41-25-43-37-11-4-6-13-49(37)58-51(43)27-47(41)56(45)35-19-29(28-52)18-33(23-35)54-2/h3-27H. The molecular formula is C51H25N5O2. The molecule has 0 radical (unpaired) electrons. The lowest BCUT2D eigenvalue weighted by molar-refractivity contribution is 0.669. The Kier molecular flexibility index (Phi) is 6.41. The fourth-order valence-corrected chi connectivity index (χ4v) is 8.95. The lowest BCUT2D eigenvalue weighted by Crippen LogP contribution is -1.94. The van der Waals surface area contributed by atoms with Crippen LogP contribution < -0.4 is 0 Å². The normalized spacial score (nSPS) is 11.7. The van der Waals surface area contributed by atoms with Gasteiger partial charge >= 0.3 is 0 Å². The average molecular weight is 740 g/mol. The quantitative estimate of drug-likeness (QED) is 0.169. The Bertz CT molecular complexity index is 3880. The van der Waals surface area contributed by atoms with E-state index in [1.807, 2.05) is 72.8 Å². The van der Waals surface area contributed by atoms with Crippen molar-refractivity contribution in [2.75, 3.05) is 0 Å². The molecule has 4 aromatic heterocycles. The third kappa shape index (κ3) is 4.46. The van der Waals surface area contributed by atoms with Gasteiger partial charge in [0.2, 0.25) is 0 Å². The van der Waals surface area contributed by atoms with Crippen LogP contribution in [0.3, 0.4) is 0 Å². The molecule has 0 spiro atoms. The minimum Gasteiger partial charge on any atom is -0.456 e. The van der Waals surface area contributed by atoms with E-state index in [4.69, 9.17) is 22.0 Å². The summed E-state index contributed by atoms with van der Waals surface area (Å²) in [6.07, 6.45) is 0. The molecule has 0 fully saturated rings. The minimum atomic E-state index is 0.402. The number of hydrogen-bond acceptors (Lipinski definition) is 3. The smallest absolute Gasteiger partial charge is 0.190 e. The van der Waals surface area contributed by atoms with Crippen LogP contribution in [0, 0.1) is 24.5 Å². The Labute approximate surface area is 329 Å². The summed E-state index contributed by atoms with van der Waals surface area (Å²) in [4.78, 5) is 7.42. The monoisotopic (exact) mass is 739 g/mol. The highest BCUT2D eigenvalue weighted by molar-refractivity contribution is 6.20. The SMILES string of the molecule is [C-]#[N+]c1cccc(-n2c3ccc(-c4ccc5c(c4)c4cc6c(cc4n5-c4cc(C#N)cc([N+]#[C-])c4)oc4ccccc46)cc3c3cc4c(cc32)oc2ccccc24)c1. The van der Waals surface area contributed by atoms with Gasteiger partial charge < -0.3 is 18.0 Å². The van der Waals surface area contributed by atoms with E-state index in [9.17, 15) is 5.26 Å². The summed E-state index contributed by atoms with van der Waals surface area (Å²) < 4.78 is 17.1. The molecule has 0 amide bonds. The second-order valence-electron chi connectivity index (χ2n) is 14.7. The van der Waals surface area contributed by atoms with Crippen molar-refractivity contribution in [2.45, 2.75) is 0 Å². The van der Waals surface area contributed by atoms with E-state index in [1.165, 1.54) is 0 Å². The number of fused-ring (bicyclic) bond motifs is 12. The van der Waals surface area contributed by atoms with Crippen molar-refractivity contribution in [1.82, 2.24) is 9.13 Å². The van der Waals surface area contributed by atoms with Crippen LogP contribution in [0.25, 0.3) is 120 Å². The maximum Gasteiger partial charge on any atom is 0.190 e. The summed E-state index contributed by atoms with van der Waals surface area (Å²) in [5, 5.41) is 18.3. The van der Waals surface area contributed by atoms with E-state index >= 15 is 0 Å². The molecule has 8 aromatic carbocycles. The highest BCUT2D eigenvalue weighted by Crippen LogP contribution is 2.43. The maximum absolute atomic E-state index is 9.91. The third-order valence-electron chi connectivity index (χ3n) is 11.5. The topological polar surface area (TPSA) is 68.7 Å². The summed E-state index contributed by atoms with van der Waals surface area (Å²) in [6.45, 7) is 15.5. The van der Waals surface area contributed by atoms with Gasteiger partial charge in [-0.3, -0.25) is 0 Å². The predicted molar refractivity (Wildman–Crippen MR) is 232 cm³/mol. The summed E-state index contributed by atoms with van der Waals surface area (Å²) in [5.41, 5.74) is 12.3. The number of benzene rings is 8. The summed E-state index contributed by atoms with van der Waals surface area (Å²) in [6, 6.07) is 53.2. The first-order chi connectivity index (χ1) is 28.6. The Morgan fingerprint density at radius 3 is 1.52 bits per heavy atom. The van der Waals surface area contributed by atoms with Crippen molar-refractivity contribution >= 4 is 98.9 Å². The van der Waals surface area contributed by atoms with E-state index < -0.39 is 0 Å². The molecule has 7 heteroatoms. The van der Waals surface area contributed by atoms with Crippen molar-refractivity contribution in [2.24, 2.45) is 0 Å². The molecule has 4 heterocycles. The van der Waals surface area contributed by atoms with Crippen molar-refractivity contribution in [3.05, 3.63) is 180 Å². The van der Waals surface area contributed by atoms with Gasteiger partial charge in [0.1, 0.15) is 22.3 Å². The molecule has 58 heavy (non-hydrogen) atoms. The van der Waals surface area contributed by atoms with Crippen LogP contribution in [0.2, 0.25) is 0 Å². The minimum absolute atomic E-state index is 0.402. The van der Waals surface area contributed by atoms with Crippen molar-refractivity contribution in [3.8, 4) is 28.6 Å². The molecule has 0 aliphatic carbocycles. The summed E-state index contributed by atoms with van der Waals surface area (Å²) in [5.74, 6) is 0. The molecule has 0 bridgehead atoms. The number of nitrogens with zero attached hydrogens (tertiary/aromatic N) is 5. The second-order valence-corrected chi connectivity index (χ2v) is 14.7. The molecule has 7 nitrogen and oxygen atoms in total. The highest BCUT2D eigenvalue weighted by atomic mass is 16.3. The van der Waals surface area contributed by atoms with Crippen molar-refractivity contribution in [3.63, 3.8) is 0 Å². The number of para-hydroxylation sites is 2. The van der Waals surface area contributed by atoms with Gasteiger partial charge in [0.05, 0.1) is 41.3 Å². The molecule has 0 atom stereocenters. The number of rotatable bonds is 3. The average Bonchev–Trinajstić information content (AvgIpc) is 4.01. The molecule has 0 aliphatic rings. The molecular weight excluding hydrogens is 715 g/mol. The van der Waals surface area contributed by atoms with Gasteiger partial charge in [-0.15, -0.1) is 0 Å². The molecule has 0 aliphatic heterocycles. The molecule has 0 N–H and O–H groups in total. The zero-order valence-corrected chi connectivity index (χ0v) is 30.5. The zero-order valence-electron chi connectivity index (χ0n) is 30.5. The Balaban J connectivity index is 1.13. The fraction of sp³-hybridized carbons (Fsp3) is 0. The molecule has 0 saturated heterocycles.